The predicted octanol–water partition coefficient (Wildman–Crippen LogP) is 6.86. The highest BCUT2D eigenvalue weighted by molar-refractivity contribution is 6.31. The number of nitrogen functional groups attached to an aromatic ring is 1. The quantitative estimate of drug-likeness (QED) is 0.00815. The van der Waals surface area contributed by atoms with Crippen LogP contribution >= 0.6 is 0 Å². The van der Waals surface area contributed by atoms with E-state index >= 15 is 0 Å². The number of anilines is 2. The molecule has 4 aromatic rings. The molecule has 4 aliphatic rings. The molecule has 2 aromatic heterocycles. The van der Waals surface area contributed by atoms with E-state index in [1.807, 2.05) is 0 Å². The van der Waals surface area contributed by atoms with E-state index < -0.39 is 23.5 Å². The van der Waals surface area contributed by atoms with Crippen LogP contribution in [-0.2, 0) is 36.7 Å². The Morgan fingerprint density at radius 1 is 0.940 bits per heavy atom. The molecule has 1 amide bonds. The second-order valence-electron chi connectivity index (χ2n) is 21.7. The zero-order valence-corrected chi connectivity index (χ0v) is 48.3. The van der Waals surface area contributed by atoms with E-state index in [4.69, 9.17) is 35.5 Å². The van der Waals surface area contributed by atoms with Crippen molar-refractivity contribution in [1.82, 2.24) is 30.6 Å². The van der Waals surface area contributed by atoms with E-state index in [0.29, 0.717) is 87.8 Å². The number of H-pyrrole nitrogens is 1. The number of nitrogens with two attached hydrogens (primary N) is 2. The molecule has 1 unspecified atom stereocenters. The van der Waals surface area contributed by atoms with Gasteiger partial charge in [-0.2, -0.15) is 10.1 Å². The van der Waals surface area contributed by atoms with Crippen LogP contribution in [0.5, 0.6) is 0 Å². The van der Waals surface area contributed by atoms with Crippen LogP contribution in [0.2, 0.25) is 0 Å². The molecule has 2 aromatic carbocycles. The van der Waals surface area contributed by atoms with Crippen molar-refractivity contribution >= 4 is 58.5 Å². The Morgan fingerprint density at radius 2 is 1.69 bits per heavy atom. The number of aromatic amines is 1. The van der Waals surface area contributed by atoms with Gasteiger partial charge in [-0.3, -0.25) is 24.6 Å². The molecule has 1 fully saturated rings. The number of hydrogen-bond acceptors (Lipinski definition) is 17. The number of unbranched alkanes of at least 4 members (excludes halogenated alkanes) is 3. The third-order valence-corrected chi connectivity index (χ3v) is 15.3. The summed E-state index contributed by atoms with van der Waals surface area (Å²) in [5.41, 5.74) is 17.8. The van der Waals surface area contributed by atoms with Gasteiger partial charge in [-0.25, -0.2) is 19.3 Å². The minimum absolute atomic E-state index is 0.0399. The maximum atomic E-state index is 13.0. The number of carbonyl (C=O) groups excluding carboxylic acids is 1. The van der Waals surface area contributed by atoms with Gasteiger partial charge in [0.05, 0.1) is 71.3 Å². The molecule has 8 rings (SSSR count). The first kappa shape index (κ1) is 61.5. The number of aliphatic carboxylic acids is 1. The Balaban J connectivity index is 0.586. The molecule has 2 bridgehead atoms. The standard InChI is InChI=1S/C62H81N13O8/c1-42-11-12-43(2)48(33-42)35-54-44(3)69-51-18-13-45(9-8-10-47(54)34-51)49-39-75(40-49)25-7-5-4-6-23-65-36-53(74-64)41-83-32-31-82-30-29-81-28-27-80-26-24-68-62(21-22-62)20-19-55(60(78)79)71-58(76)46-14-16-50(17-15-46)66-37-52-38-67-57-56(70-52)59(77)73-61(63)72-57/h9,11-18,33,36,38-40,47,55,68H,4-8,10,19-32,34-35,37,41H2,1-3H3,(H7-,63,64,65,66,67,71,72,73,76,77,78,79)/p+1/b18-13-,45-9+/t47?,55-/m0/s1. The summed E-state index contributed by atoms with van der Waals surface area (Å²) in [6.07, 6.45) is 26.0. The number of hydrogen-bond donors (Lipinski definition) is 7. The Bertz CT molecular complexity index is 3190. The molecule has 442 valence electrons. The van der Waals surface area contributed by atoms with Crippen molar-refractivity contribution in [2.24, 2.45) is 26.8 Å². The third-order valence-electron chi connectivity index (χ3n) is 15.3. The number of aromatic nitrogens is 4. The molecule has 0 saturated heterocycles. The van der Waals surface area contributed by atoms with Crippen molar-refractivity contribution in [3.05, 3.63) is 134 Å². The summed E-state index contributed by atoms with van der Waals surface area (Å²) in [7, 11) is 0. The van der Waals surface area contributed by atoms with Crippen molar-refractivity contribution in [3.63, 3.8) is 0 Å². The van der Waals surface area contributed by atoms with Gasteiger partial charge in [0, 0.05) is 53.9 Å². The zero-order valence-electron chi connectivity index (χ0n) is 48.3. The van der Waals surface area contributed by atoms with Gasteiger partial charge in [0.25, 0.3) is 11.5 Å². The van der Waals surface area contributed by atoms with Crippen molar-refractivity contribution < 1.29 is 38.2 Å². The number of nitrogens with zero attached hydrogens (tertiary/aromatic N) is 7. The van der Waals surface area contributed by atoms with Gasteiger partial charge < -0.3 is 51.6 Å². The number of carboxylic acids is 1. The topological polar surface area (TPSA) is 291 Å². The first-order valence-electron chi connectivity index (χ1n) is 29.1. The highest BCUT2D eigenvalue weighted by Gasteiger charge is 2.42. The molecular weight excluding hydrogens is 1050 g/mol. The summed E-state index contributed by atoms with van der Waals surface area (Å²) in [5.74, 6) is 4.50. The van der Waals surface area contributed by atoms with E-state index in [2.05, 4.69) is 120 Å². The smallest absolute Gasteiger partial charge is 0.326 e. The minimum Gasteiger partial charge on any atom is -0.480 e. The third kappa shape index (κ3) is 19.3. The second kappa shape index (κ2) is 31.2. The monoisotopic (exact) mass is 1140 g/mol. The van der Waals surface area contributed by atoms with E-state index in [-0.39, 0.29) is 42.2 Å². The normalized spacial score (nSPS) is 18.0. The van der Waals surface area contributed by atoms with E-state index in [1.165, 1.54) is 51.0 Å². The summed E-state index contributed by atoms with van der Waals surface area (Å²) in [4.78, 5) is 61.8. The van der Waals surface area contributed by atoms with Gasteiger partial charge >= 0.3 is 5.97 Å². The van der Waals surface area contributed by atoms with Crippen LogP contribution in [0.4, 0.5) is 11.6 Å². The minimum atomic E-state index is -1.09. The average Bonchev–Trinajstić information content (AvgIpc) is 4.44. The zero-order chi connectivity index (χ0) is 58.4. The lowest BCUT2D eigenvalue weighted by molar-refractivity contribution is -0.463. The number of carboxylic acid groups (broad SMARTS) is 1. The van der Waals surface area contributed by atoms with E-state index in [1.54, 1.807) is 30.5 Å². The van der Waals surface area contributed by atoms with Gasteiger partial charge in [-0.15, -0.1) is 0 Å². The van der Waals surface area contributed by atoms with Gasteiger partial charge in [0.1, 0.15) is 23.9 Å². The molecule has 21 heteroatoms. The molecular formula is C62H82N13O8+. The van der Waals surface area contributed by atoms with Gasteiger partial charge in [-0.05, 0) is 144 Å². The van der Waals surface area contributed by atoms with E-state index in [9.17, 15) is 19.5 Å². The Hall–Kier alpha value is -7.56. The number of ether oxygens (including phenoxy) is 4. The number of nitrogens with one attached hydrogen (secondary N) is 4. The number of fused-ring (bicyclic) bond motifs is 3. The van der Waals surface area contributed by atoms with Crippen LogP contribution < -0.4 is 33.1 Å². The number of hydrazone groups is 1. The SMILES string of the molecule is CC1=C(Cc2cc(C)ccc2C)C2CC/C=C(C3=C[N+](CCCCCCN=C/C(COCCOCCOCCOCCNC4(CC[C@H](NC(=O)c5ccc(NCc6cnc7nc(N)[nH]c(=O)c7n6)cc5)C(=O)O)CC4)=N\N)=C3)\C=C/C(=N1)C2. The molecule has 83 heavy (non-hydrogen) atoms. The van der Waals surface area contributed by atoms with Gasteiger partial charge in [0.15, 0.2) is 23.6 Å². The Kier molecular flexibility index (Phi) is 23.1. The Labute approximate surface area is 485 Å². The molecule has 2 atom stereocenters. The summed E-state index contributed by atoms with van der Waals surface area (Å²) < 4.78 is 25.0. The van der Waals surface area contributed by atoms with E-state index in [0.717, 1.165) is 77.3 Å². The summed E-state index contributed by atoms with van der Waals surface area (Å²) >= 11 is 0. The fourth-order valence-corrected chi connectivity index (χ4v) is 10.3. The molecule has 9 N–H and O–H groups in total. The van der Waals surface area contributed by atoms with Crippen LogP contribution in [0.1, 0.15) is 110 Å². The first-order valence-corrected chi connectivity index (χ1v) is 29.1. The van der Waals surface area contributed by atoms with Crippen molar-refractivity contribution in [2.45, 2.75) is 116 Å². The fourth-order valence-electron chi connectivity index (χ4n) is 10.3. The predicted molar refractivity (Wildman–Crippen MR) is 325 cm³/mol. The lowest BCUT2D eigenvalue weighted by atomic mass is 9.82. The number of allylic oxidation sites excluding steroid dienone is 7. The van der Waals surface area contributed by atoms with Crippen LogP contribution in [0.15, 0.2) is 115 Å². The summed E-state index contributed by atoms with van der Waals surface area (Å²) in [6.45, 7) is 12.4. The number of rotatable bonds is 35. The fraction of sp³-hybridized carbons (Fsp3) is 0.484. The maximum Gasteiger partial charge on any atom is 0.326 e. The van der Waals surface area contributed by atoms with Gasteiger partial charge in [0.2, 0.25) is 5.95 Å². The molecule has 0 radical (unpaired) electrons. The molecule has 2 aliphatic heterocycles. The average molecular weight is 1140 g/mol. The first-order chi connectivity index (χ1) is 40.3. The summed E-state index contributed by atoms with van der Waals surface area (Å²) in [5, 5.41) is 23.1. The van der Waals surface area contributed by atoms with Crippen LogP contribution in [0.25, 0.3) is 11.2 Å². The molecule has 1 saturated carbocycles. The van der Waals surface area contributed by atoms with Crippen molar-refractivity contribution in [3.8, 4) is 0 Å². The van der Waals surface area contributed by atoms with Crippen LogP contribution in [0, 0.1) is 19.8 Å². The lowest BCUT2D eigenvalue weighted by Gasteiger charge is -2.26. The highest BCUT2D eigenvalue weighted by atomic mass is 16.6. The number of aryl methyl sites for hydroxylation is 2. The molecule has 21 nitrogen and oxygen atoms in total. The van der Waals surface area contributed by atoms with Crippen LogP contribution in [0.3, 0.4) is 0 Å². The van der Waals surface area contributed by atoms with Crippen molar-refractivity contribution in [2.75, 3.05) is 83.5 Å². The largest absolute Gasteiger partial charge is 0.480 e. The second-order valence-corrected chi connectivity index (χ2v) is 21.7. The van der Waals surface area contributed by atoms with Crippen LogP contribution in [-0.4, -0.2) is 149 Å². The van der Waals surface area contributed by atoms with Crippen molar-refractivity contribution in [1.29, 1.82) is 0 Å². The lowest BCUT2D eigenvalue weighted by Crippen LogP contribution is -2.43. The highest BCUT2D eigenvalue weighted by Crippen LogP contribution is 2.40. The molecule has 2 aliphatic carbocycles. The van der Waals surface area contributed by atoms with Gasteiger partial charge in [-0.1, -0.05) is 42.3 Å². The maximum absolute atomic E-state index is 13.0. The Morgan fingerprint density at radius 3 is 2.43 bits per heavy atom. The summed E-state index contributed by atoms with van der Waals surface area (Å²) in [6, 6.07) is 12.3. The molecule has 0 spiro atoms. The molecule has 4 heterocycles. The number of aliphatic imine (C=N–C) groups is 2. The number of amides is 1. The number of carbonyl (C=O) groups is 2. The number of benzene rings is 2.